The second-order valence-corrected chi connectivity index (χ2v) is 6.02. The number of fused-ring (bicyclic) bond motifs is 1. The van der Waals surface area contributed by atoms with Gasteiger partial charge in [-0.1, -0.05) is 42.5 Å². The fourth-order valence-corrected chi connectivity index (χ4v) is 3.12. The topological polar surface area (TPSA) is 83.6 Å². The van der Waals surface area contributed by atoms with Crippen LogP contribution in [0.1, 0.15) is 39.6 Å². The van der Waals surface area contributed by atoms with Crippen molar-refractivity contribution in [1.82, 2.24) is 4.90 Å². The molecule has 1 aliphatic rings. The highest BCUT2D eigenvalue weighted by Crippen LogP contribution is 2.26. The molecule has 1 aliphatic heterocycles. The van der Waals surface area contributed by atoms with Gasteiger partial charge >= 0.3 is 0 Å². The highest BCUT2D eigenvalue weighted by atomic mass is 16.3. The molecule has 124 valence electrons. The summed E-state index contributed by atoms with van der Waals surface area (Å²) >= 11 is 0. The fourth-order valence-electron chi connectivity index (χ4n) is 3.12. The van der Waals surface area contributed by atoms with Crippen LogP contribution in [0, 0.1) is 0 Å². The van der Waals surface area contributed by atoms with E-state index in [1.54, 1.807) is 29.2 Å². The third-order valence-corrected chi connectivity index (χ3v) is 4.42. The minimum absolute atomic E-state index is 0.0763. The first kappa shape index (κ1) is 16.2. The molecule has 1 heterocycles. The van der Waals surface area contributed by atoms with Crippen molar-refractivity contribution in [2.45, 2.75) is 25.5 Å². The van der Waals surface area contributed by atoms with Crippen LogP contribution in [0.3, 0.4) is 0 Å². The predicted octanol–water partition coefficient (Wildman–Crippen LogP) is 1.79. The van der Waals surface area contributed by atoms with Crippen LogP contribution < -0.4 is 5.73 Å². The van der Waals surface area contributed by atoms with Gasteiger partial charge in [0.2, 0.25) is 11.8 Å². The van der Waals surface area contributed by atoms with E-state index in [1.165, 1.54) is 0 Å². The zero-order valence-electron chi connectivity index (χ0n) is 13.3. The molecular formula is C19H20N2O3. The number of carbonyl (C=O) groups excluding carboxylic acids is 2. The van der Waals surface area contributed by atoms with Gasteiger partial charge in [-0.05, 0) is 29.2 Å². The molecule has 24 heavy (non-hydrogen) atoms. The molecular weight excluding hydrogens is 304 g/mol. The standard InChI is InChI=1S/C19H20N2O3/c20-19(24)16-8-4-1-5-13(16)11-18(23)21-10-9-17(22)15-7-3-2-6-14(15)12-21/h1-8,17,22H,9-12H2,(H2,20,24). The van der Waals surface area contributed by atoms with Gasteiger partial charge in [-0.2, -0.15) is 0 Å². The van der Waals surface area contributed by atoms with Gasteiger partial charge in [-0.25, -0.2) is 0 Å². The van der Waals surface area contributed by atoms with Crippen LogP contribution in [-0.4, -0.2) is 28.4 Å². The number of carbonyl (C=O) groups is 2. The number of nitrogens with two attached hydrogens (primary N) is 1. The Kier molecular flexibility index (Phi) is 4.62. The minimum atomic E-state index is -0.558. The molecule has 0 saturated carbocycles. The molecule has 0 radical (unpaired) electrons. The number of primary amides is 1. The summed E-state index contributed by atoms with van der Waals surface area (Å²) in [5.74, 6) is -0.609. The van der Waals surface area contributed by atoms with Gasteiger partial charge in [0.1, 0.15) is 0 Å². The number of hydrogen-bond acceptors (Lipinski definition) is 3. The van der Waals surface area contributed by atoms with Crippen molar-refractivity contribution in [3.63, 3.8) is 0 Å². The summed E-state index contributed by atoms with van der Waals surface area (Å²) in [5, 5.41) is 10.2. The lowest BCUT2D eigenvalue weighted by atomic mass is 10.0. The van der Waals surface area contributed by atoms with Crippen molar-refractivity contribution < 1.29 is 14.7 Å². The Labute approximate surface area is 140 Å². The Bertz CT molecular complexity index is 773. The van der Waals surface area contributed by atoms with Gasteiger partial charge in [-0.15, -0.1) is 0 Å². The van der Waals surface area contributed by atoms with Crippen LogP contribution in [0.5, 0.6) is 0 Å². The highest BCUT2D eigenvalue weighted by molar-refractivity contribution is 5.95. The van der Waals surface area contributed by atoms with Gasteiger partial charge in [0.25, 0.3) is 0 Å². The molecule has 2 amide bonds. The molecule has 3 N–H and O–H groups in total. The average Bonchev–Trinajstić information content (AvgIpc) is 2.75. The SMILES string of the molecule is NC(=O)c1ccccc1CC(=O)N1CCC(O)c2ccccc2C1. The third kappa shape index (κ3) is 3.31. The van der Waals surface area contributed by atoms with E-state index >= 15 is 0 Å². The number of aliphatic hydroxyl groups excluding tert-OH is 1. The number of benzene rings is 2. The van der Waals surface area contributed by atoms with Crippen molar-refractivity contribution in [2.75, 3.05) is 6.54 Å². The number of hydrogen-bond donors (Lipinski definition) is 2. The summed E-state index contributed by atoms with van der Waals surface area (Å²) < 4.78 is 0. The Morgan fingerprint density at radius 3 is 2.62 bits per heavy atom. The lowest BCUT2D eigenvalue weighted by Crippen LogP contribution is -2.32. The van der Waals surface area contributed by atoms with E-state index < -0.39 is 12.0 Å². The maximum Gasteiger partial charge on any atom is 0.248 e. The summed E-state index contributed by atoms with van der Waals surface area (Å²) in [4.78, 5) is 25.9. The normalized spacial score (nSPS) is 17.0. The van der Waals surface area contributed by atoms with Crippen LogP contribution in [-0.2, 0) is 17.8 Å². The molecule has 0 spiro atoms. The zero-order chi connectivity index (χ0) is 17.1. The summed E-state index contributed by atoms with van der Waals surface area (Å²) in [7, 11) is 0. The molecule has 0 aromatic heterocycles. The van der Waals surface area contributed by atoms with Crippen LogP contribution in [0.15, 0.2) is 48.5 Å². The number of nitrogens with zero attached hydrogens (tertiary/aromatic N) is 1. The second kappa shape index (κ2) is 6.84. The Balaban J connectivity index is 1.80. The average molecular weight is 324 g/mol. The molecule has 2 aromatic rings. The smallest absolute Gasteiger partial charge is 0.248 e. The Morgan fingerprint density at radius 2 is 1.83 bits per heavy atom. The van der Waals surface area contributed by atoms with E-state index in [0.717, 1.165) is 11.1 Å². The van der Waals surface area contributed by atoms with Crippen molar-refractivity contribution in [3.05, 3.63) is 70.8 Å². The van der Waals surface area contributed by atoms with Crippen molar-refractivity contribution >= 4 is 11.8 Å². The fraction of sp³-hybridized carbons (Fsp3) is 0.263. The van der Waals surface area contributed by atoms with Gasteiger partial charge in [0.05, 0.1) is 12.5 Å². The van der Waals surface area contributed by atoms with E-state index in [-0.39, 0.29) is 12.3 Å². The minimum Gasteiger partial charge on any atom is -0.388 e. The third-order valence-electron chi connectivity index (χ3n) is 4.42. The predicted molar refractivity (Wildman–Crippen MR) is 90.1 cm³/mol. The number of amides is 2. The Morgan fingerprint density at radius 1 is 1.12 bits per heavy atom. The maximum absolute atomic E-state index is 12.7. The molecule has 0 bridgehead atoms. The molecule has 2 aromatic carbocycles. The molecule has 0 fully saturated rings. The van der Waals surface area contributed by atoms with E-state index in [9.17, 15) is 14.7 Å². The van der Waals surface area contributed by atoms with Crippen molar-refractivity contribution in [3.8, 4) is 0 Å². The molecule has 0 saturated heterocycles. The van der Waals surface area contributed by atoms with E-state index in [0.29, 0.717) is 30.6 Å². The summed E-state index contributed by atoms with van der Waals surface area (Å²) in [6.45, 7) is 0.943. The van der Waals surface area contributed by atoms with Crippen molar-refractivity contribution in [1.29, 1.82) is 0 Å². The van der Waals surface area contributed by atoms with Crippen LogP contribution >= 0.6 is 0 Å². The van der Waals surface area contributed by atoms with E-state index in [1.807, 2.05) is 24.3 Å². The van der Waals surface area contributed by atoms with Crippen LogP contribution in [0.4, 0.5) is 0 Å². The van der Waals surface area contributed by atoms with E-state index in [2.05, 4.69) is 0 Å². The maximum atomic E-state index is 12.7. The first-order chi connectivity index (χ1) is 11.6. The number of rotatable bonds is 3. The zero-order valence-corrected chi connectivity index (χ0v) is 13.3. The van der Waals surface area contributed by atoms with Gasteiger partial charge in [0.15, 0.2) is 0 Å². The summed E-state index contributed by atoms with van der Waals surface area (Å²) in [6, 6.07) is 14.5. The first-order valence-electron chi connectivity index (χ1n) is 7.97. The van der Waals surface area contributed by atoms with Crippen LogP contribution in [0.2, 0.25) is 0 Å². The Hall–Kier alpha value is -2.66. The molecule has 0 aliphatic carbocycles. The summed E-state index contributed by atoms with van der Waals surface area (Å²) in [5.41, 5.74) is 8.22. The largest absolute Gasteiger partial charge is 0.388 e. The monoisotopic (exact) mass is 324 g/mol. The lowest BCUT2D eigenvalue weighted by Gasteiger charge is -2.21. The van der Waals surface area contributed by atoms with E-state index in [4.69, 9.17) is 5.73 Å². The first-order valence-corrected chi connectivity index (χ1v) is 7.97. The van der Waals surface area contributed by atoms with Gasteiger partial charge < -0.3 is 15.7 Å². The van der Waals surface area contributed by atoms with Gasteiger partial charge in [-0.3, -0.25) is 9.59 Å². The van der Waals surface area contributed by atoms with Crippen LogP contribution in [0.25, 0.3) is 0 Å². The second-order valence-electron chi connectivity index (χ2n) is 6.02. The summed E-state index contributed by atoms with van der Waals surface area (Å²) in [6.07, 6.45) is 0.0642. The molecule has 5 heteroatoms. The molecule has 5 nitrogen and oxygen atoms in total. The quantitative estimate of drug-likeness (QED) is 0.903. The molecule has 3 rings (SSSR count). The highest BCUT2D eigenvalue weighted by Gasteiger charge is 2.24. The number of aliphatic hydroxyl groups is 1. The lowest BCUT2D eigenvalue weighted by molar-refractivity contribution is -0.131. The molecule has 1 unspecified atom stereocenters. The molecule has 1 atom stereocenters. The van der Waals surface area contributed by atoms with Gasteiger partial charge in [0, 0.05) is 18.7 Å². The van der Waals surface area contributed by atoms with Crippen molar-refractivity contribution in [2.24, 2.45) is 5.73 Å².